The summed E-state index contributed by atoms with van der Waals surface area (Å²) in [6.07, 6.45) is 0.197. The van der Waals surface area contributed by atoms with Crippen LogP contribution in [0.4, 0.5) is 5.69 Å². The highest BCUT2D eigenvalue weighted by atomic mass is 32.2. The van der Waals surface area contributed by atoms with E-state index in [0.29, 0.717) is 11.3 Å². The maximum Gasteiger partial charge on any atom is 0.250 e. The molecular weight excluding hydrogens is 408 g/mol. The van der Waals surface area contributed by atoms with Gasteiger partial charge in [-0.1, -0.05) is 36.4 Å². The summed E-state index contributed by atoms with van der Waals surface area (Å²) in [5.41, 5.74) is 1.84. The summed E-state index contributed by atoms with van der Waals surface area (Å²) in [4.78, 5) is 24.3. The minimum Gasteiger partial charge on any atom is -0.325 e. The Morgan fingerprint density at radius 1 is 0.966 bits per heavy atom. The lowest BCUT2D eigenvalue weighted by Gasteiger charge is -2.18. The first-order valence-electron chi connectivity index (χ1n) is 8.87. The number of carbonyl (C=O) groups is 2. The number of hydrogen-bond acceptors (Lipinski definition) is 5. The van der Waals surface area contributed by atoms with Crippen LogP contribution in [0, 0.1) is 0 Å². The summed E-state index contributed by atoms with van der Waals surface area (Å²) < 4.78 is 28.0. The van der Waals surface area contributed by atoms with Crippen molar-refractivity contribution in [2.24, 2.45) is 0 Å². The molecule has 3 aromatic rings. The van der Waals surface area contributed by atoms with Gasteiger partial charge < -0.3 is 5.32 Å². The number of amides is 1. The predicted octanol–water partition coefficient (Wildman–Crippen LogP) is 3.48. The van der Waals surface area contributed by atoms with E-state index in [-0.39, 0.29) is 16.4 Å². The van der Waals surface area contributed by atoms with E-state index in [0.717, 1.165) is 16.9 Å². The molecule has 8 heteroatoms. The maximum absolute atomic E-state index is 12.9. The Kier molecular flexibility index (Phi) is 6.58. The molecule has 1 aromatic heterocycles. The van der Waals surface area contributed by atoms with E-state index in [1.165, 1.54) is 13.0 Å². The first kappa shape index (κ1) is 20.9. The molecule has 0 aliphatic heterocycles. The van der Waals surface area contributed by atoms with E-state index >= 15 is 0 Å². The monoisotopic (exact) mass is 428 g/mol. The van der Waals surface area contributed by atoms with Crippen LogP contribution in [0.3, 0.4) is 0 Å². The van der Waals surface area contributed by atoms with Crippen LogP contribution in [0.5, 0.6) is 0 Å². The molecule has 0 bridgehead atoms. The Labute approximate surface area is 173 Å². The van der Waals surface area contributed by atoms with E-state index in [4.69, 9.17) is 0 Å². The molecule has 3 rings (SSSR count). The van der Waals surface area contributed by atoms with Crippen molar-refractivity contribution >= 4 is 38.7 Å². The largest absolute Gasteiger partial charge is 0.325 e. The predicted molar refractivity (Wildman–Crippen MR) is 114 cm³/mol. The lowest BCUT2D eigenvalue weighted by molar-refractivity contribution is -0.117. The summed E-state index contributed by atoms with van der Waals surface area (Å²) in [6, 6.07) is 17.8. The van der Waals surface area contributed by atoms with Gasteiger partial charge in [0.2, 0.25) is 5.91 Å². The van der Waals surface area contributed by atoms with Gasteiger partial charge in [-0.05, 0) is 54.6 Å². The third-order valence-corrected chi connectivity index (χ3v) is 7.08. The number of nitrogens with one attached hydrogen (secondary N) is 2. The highest BCUT2D eigenvalue weighted by molar-refractivity contribution is 7.91. The van der Waals surface area contributed by atoms with Gasteiger partial charge in [0, 0.05) is 11.3 Å². The van der Waals surface area contributed by atoms with Crippen molar-refractivity contribution in [3.8, 4) is 0 Å². The standard InChI is InChI=1S/C21H20N2O4S2/c1-15(24)17-9-11-18(12-10-17)22-21(25)19(14-16-6-3-2-4-7-16)23-29(26,27)20-8-5-13-28-20/h2-13,19,23H,14H2,1H3,(H,22,25). The summed E-state index contributed by atoms with van der Waals surface area (Å²) in [7, 11) is -3.83. The molecule has 1 amide bonds. The number of rotatable bonds is 8. The number of anilines is 1. The number of Topliss-reactive ketones (excluding diaryl/α,β-unsaturated/α-hetero) is 1. The zero-order valence-corrected chi connectivity index (χ0v) is 17.3. The molecule has 1 heterocycles. The second-order valence-electron chi connectivity index (χ2n) is 6.42. The number of ketones is 1. The number of benzene rings is 2. The fourth-order valence-corrected chi connectivity index (χ4v) is 4.92. The van der Waals surface area contributed by atoms with E-state index in [1.54, 1.807) is 35.7 Å². The molecule has 150 valence electrons. The van der Waals surface area contributed by atoms with Gasteiger partial charge in [0.1, 0.15) is 10.3 Å². The topological polar surface area (TPSA) is 92.3 Å². The van der Waals surface area contributed by atoms with Crippen molar-refractivity contribution in [2.75, 3.05) is 5.32 Å². The molecule has 1 atom stereocenters. The number of sulfonamides is 1. The van der Waals surface area contributed by atoms with Crippen molar-refractivity contribution in [1.82, 2.24) is 4.72 Å². The van der Waals surface area contributed by atoms with Crippen molar-refractivity contribution in [3.63, 3.8) is 0 Å². The van der Waals surface area contributed by atoms with Crippen molar-refractivity contribution in [3.05, 3.63) is 83.2 Å². The zero-order valence-electron chi connectivity index (χ0n) is 15.7. The Morgan fingerprint density at radius 3 is 2.24 bits per heavy atom. The fourth-order valence-electron chi connectivity index (χ4n) is 2.72. The molecule has 2 aromatic carbocycles. The van der Waals surface area contributed by atoms with E-state index in [1.807, 2.05) is 30.3 Å². The smallest absolute Gasteiger partial charge is 0.250 e. The average Bonchev–Trinajstić information content (AvgIpc) is 3.24. The molecule has 0 radical (unpaired) electrons. The highest BCUT2D eigenvalue weighted by Gasteiger charge is 2.26. The van der Waals surface area contributed by atoms with Gasteiger partial charge in [-0.15, -0.1) is 11.3 Å². The van der Waals surface area contributed by atoms with Crippen molar-refractivity contribution in [1.29, 1.82) is 0 Å². The minimum atomic E-state index is -3.83. The third-order valence-electron chi connectivity index (χ3n) is 4.22. The van der Waals surface area contributed by atoms with Gasteiger partial charge >= 0.3 is 0 Å². The van der Waals surface area contributed by atoms with Gasteiger partial charge in [0.05, 0.1) is 0 Å². The summed E-state index contributed by atoms with van der Waals surface area (Å²) in [5.74, 6) is -0.557. The molecule has 0 saturated heterocycles. The van der Waals surface area contributed by atoms with Gasteiger partial charge in [0.15, 0.2) is 5.78 Å². The molecule has 0 fully saturated rings. The van der Waals surface area contributed by atoms with Crippen LogP contribution in [0.1, 0.15) is 22.8 Å². The second-order valence-corrected chi connectivity index (χ2v) is 9.31. The average molecular weight is 429 g/mol. The summed E-state index contributed by atoms with van der Waals surface area (Å²) in [5, 5.41) is 4.39. The van der Waals surface area contributed by atoms with Crippen LogP contribution < -0.4 is 10.0 Å². The number of thiophene rings is 1. The Morgan fingerprint density at radius 2 is 1.66 bits per heavy atom. The molecule has 0 spiro atoms. The van der Waals surface area contributed by atoms with E-state index in [2.05, 4.69) is 10.0 Å². The molecule has 0 aliphatic rings. The summed E-state index contributed by atoms with van der Waals surface area (Å²) in [6.45, 7) is 1.46. The molecular formula is C21H20N2O4S2. The molecule has 29 heavy (non-hydrogen) atoms. The number of hydrogen-bond donors (Lipinski definition) is 2. The summed E-state index contributed by atoms with van der Waals surface area (Å²) >= 11 is 1.08. The lowest BCUT2D eigenvalue weighted by atomic mass is 10.1. The Bertz CT molecular complexity index is 1080. The fraction of sp³-hybridized carbons (Fsp3) is 0.143. The zero-order chi connectivity index (χ0) is 20.9. The SMILES string of the molecule is CC(=O)c1ccc(NC(=O)C(Cc2ccccc2)NS(=O)(=O)c2cccs2)cc1. The first-order chi connectivity index (χ1) is 13.8. The minimum absolute atomic E-state index is 0.0754. The highest BCUT2D eigenvalue weighted by Crippen LogP contribution is 2.18. The molecule has 2 N–H and O–H groups in total. The van der Waals surface area contributed by atoms with Crippen LogP contribution in [0.2, 0.25) is 0 Å². The van der Waals surface area contributed by atoms with E-state index < -0.39 is 22.0 Å². The van der Waals surface area contributed by atoms with Crippen molar-refractivity contribution in [2.45, 2.75) is 23.6 Å². The number of carbonyl (C=O) groups excluding carboxylic acids is 2. The maximum atomic E-state index is 12.9. The Balaban J connectivity index is 1.81. The molecule has 1 unspecified atom stereocenters. The van der Waals surface area contributed by atoms with Gasteiger partial charge in [-0.3, -0.25) is 9.59 Å². The Hall–Kier alpha value is -2.81. The van der Waals surface area contributed by atoms with Crippen LogP contribution in [0.25, 0.3) is 0 Å². The lowest BCUT2D eigenvalue weighted by Crippen LogP contribution is -2.45. The van der Waals surface area contributed by atoms with Crippen LogP contribution in [0.15, 0.2) is 76.3 Å². The van der Waals surface area contributed by atoms with Crippen molar-refractivity contribution < 1.29 is 18.0 Å². The third kappa shape index (κ3) is 5.60. The normalized spacial score (nSPS) is 12.3. The second kappa shape index (κ2) is 9.13. The van der Waals surface area contributed by atoms with Crippen LogP contribution >= 0.6 is 11.3 Å². The van der Waals surface area contributed by atoms with Crippen LogP contribution in [-0.4, -0.2) is 26.2 Å². The van der Waals surface area contributed by atoms with Gasteiger partial charge in [-0.2, -0.15) is 4.72 Å². The van der Waals surface area contributed by atoms with Crippen LogP contribution in [-0.2, 0) is 21.2 Å². The molecule has 6 nitrogen and oxygen atoms in total. The van der Waals surface area contributed by atoms with Gasteiger partial charge in [0.25, 0.3) is 10.0 Å². The molecule has 0 aliphatic carbocycles. The quantitative estimate of drug-likeness (QED) is 0.537. The first-order valence-corrected chi connectivity index (χ1v) is 11.2. The van der Waals surface area contributed by atoms with Gasteiger partial charge in [-0.25, -0.2) is 8.42 Å². The van der Waals surface area contributed by atoms with E-state index in [9.17, 15) is 18.0 Å². The molecule has 0 saturated carbocycles.